The molecular formula is C4N6O8. The number of nitro groups is 2. The number of hydrogen-bond donors (Lipinski definition) is 0. The maximum Gasteiger partial charge on any atom is 0.500 e. The topological polar surface area (TPSA) is 192 Å². The molecule has 14 heteroatoms. The minimum atomic E-state index is -1.30. The predicted octanol–water partition coefficient (Wildman–Crippen LogP) is -1.59. The maximum atomic E-state index is 11.1. The van der Waals surface area contributed by atoms with Crippen LogP contribution in [0, 0.1) is 30.6 Å². The fourth-order valence-corrected chi connectivity index (χ4v) is 1.10. The molecule has 18 heavy (non-hydrogen) atoms. The molecule has 94 valence electrons. The Hall–Kier alpha value is -3.32. The van der Waals surface area contributed by atoms with Crippen molar-refractivity contribution < 1.29 is 28.9 Å². The lowest BCUT2D eigenvalue weighted by atomic mass is 10.3. The van der Waals surface area contributed by atoms with Crippen molar-refractivity contribution in [3.05, 3.63) is 30.6 Å². The van der Waals surface area contributed by atoms with Crippen molar-refractivity contribution in [3.8, 4) is 11.4 Å². The minimum Gasteiger partial charge on any atom is -0.359 e. The van der Waals surface area contributed by atoms with Crippen molar-refractivity contribution in [2.24, 2.45) is 0 Å². The van der Waals surface area contributed by atoms with E-state index in [1.807, 2.05) is 0 Å². The van der Waals surface area contributed by atoms with Gasteiger partial charge in [0, 0.05) is 4.92 Å². The second-order valence-electron chi connectivity index (χ2n) is 2.72. The molecule has 0 atom stereocenters. The first-order valence-electron chi connectivity index (χ1n) is 3.92. The summed E-state index contributed by atoms with van der Waals surface area (Å²) in [5.74, 6) is -2.44. The lowest BCUT2D eigenvalue weighted by Gasteiger charge is -1.89. The van der Waals surface area contributed by atoms with Crippen LogP contribution < -0.4 is 9.81 Å². The molecule has 0 aromatic carbocycles. The highest BCUT2D eigenvalue weighted by Gasteiger charge is 2.44. The number of rotatable bonds is 3. The third kappa shape index (κ3) is 1.44. The van der Waals surface area contributed by atoms with Crippen molar-refractivity contribution >= 4 is 11.6 Å². The number of hydrogen-bond acceptors (Lipinski definition) is 10. The Morgan fingerprint density at radius 1 is 1.00 bits per heavy atom. The molecule has 2 aromatic heterocycles. The van der Waals surface area contributed by atoms with Crippen LogP contribution in [0.25, 0.3) is 11.4 Å². The zero-order chi connectivity index (χ0) is 13.4. The van der Waals surface area contributed by atoms with Gasteiger partial charge in [-0.3, -0.25) is 4.63 Å². The SMILES string of the molecule is O=[N+]([O-])c1no[n+]([O-])c1-c1no[n+]([O-])c1[N+](=O)[O-]. The highest BCUT2D eigenvalue weighted by atomic mass is 16.8. The van der Waals surface area contributed by atoms with Crippen LogP contribution in [0.2, 0.25) is 0 Å². The zero-order valence-electron chi connectivity index (χ0n) is 7.95. The molecule has 0 amide bonds. The molecule has 0 N–H and O–H groups in total. The second kappa shape index (κ2) is 3.61. The average molecular weight is 260 g/mol. The van der Waals surface area contributed by atoms with Gasteiger partial charge in [0.05, 0.1) is 10.1 Å². The van der Waals surface area contributed by atoms with Gasteiger partial charge in [0.15, 0.2) is 0 Å². The second-order valence-corrected chi connectivity index (χ2v) is 2.72. The first-order chi connectivity index (χ1) is 8.43. The normalized spacial score (nSPS) is 10.4. The summed E-state index contributed by atoms with van der Waals surface area (Å²) >= 11 is 0. The smallest absolute Gasteiger partial charge is 0.359 e. The van der Waals surface area contributed by atoms with E-state index in [0.717, 1.165) is 0 Å². The van der Waals surface area contributed by atoms with Gasteiger partial charge in [0.1, 0.15) is 5.16 Å². The maximum absolute atomic E-state index is 11.1. The van der Waals surface area contributed by atoms with E-state index in [-0.39, 0.29) is 0 Å². The third-order valence-corrected chi connectivity index (χ3v) is 1.76. The van der Waals surface area contributed by atoms with E-state index < -0.39 is 42.7 Å². The van der Waals surface area contributed by atoms with Crippen molar-refractivity contribution in [2.45, 2.75) is 0 Å². The lowest BCUT2D eigenvalue weighted by Crippen LogP contribution is -2.29. The molecule has 0 spiro atoms. The zero-order valence-corrected chi connectivity index (χ0v) is 7.95. The molecule has 2 rings (SSSR count). The van der Waals surface area contributed by atoms with Gasteiger partial charge in [0.25, 0.3) is 0 Å². The van der Waals surface area contributed by atoms with Crippen molar-refractivity contribution in [3.63, 3.8) is 0 Å². The van der Waals surface area contributed by atoms with Crippen LogP contribution in [-0.4, -0.2) is 20.2 Å². The molecule has 0 aliphatic carbocycles. The van der Waals surface area contributed by atoms with E-state index in [0.29, 0.717) is 0 Å². The quantitative estimate of drug-likeness (QED) is 0.352. The summed E-state index contributed by atoms with van der Waals surface area (Å²) < 4.78 is 7.80. The third-order valence-electron chi connectivity index (χ3n) is 1.76. The Kier molecular flexibility index (Phi) is 2.24. The Labute approximate surface area is 94.0 Å². The van der Waals surface area contributed by atoms with Gasteiger partial charge in [-0.2, -0.15) is 4.63 Å². The van der Waals surface area contributed by atoms with Gasteiger partial charge in [-0.05, 0) is 9.83 Å². The summed E-state index contributed by atoms with van der Waals surface area (Å²) in [6.45, 7) is 0. The van der Waals surface area contributed by atoms with Gasteiger partial charge in [0.2, 0.25) is 0 Å². The largest absolute Gasteiger partial charge is 0.500 e. The molecule has 0 radical (unpaired) electrons. The van der Waals surface area contributed by atoms with Crippen molar-refractivity contribution in [1.29, 1.82) is 0 Å². The summed E-state index contributed by atoms with van der Waals surface area (Å²) in [6, 6.07) is 0. The van der Waals surface area contributed by atoms with E-state index in [1.165, 1.54) is 0 Å². The Bertz CT molecular complexity index is 642. The number of nitrogens with zero attached hydrogens (tertiary/aromatic N) is 6. The molecule has 14 nitrogen and oxygen atoms in total. The van der Waals surface area contributed by atoms with Crippen LogP contribution in [0.4, 0.5) is 11.6 Å². The van der Waals surface area contributed by atoms with Gasteiger partial charge in [-0.1, -0.05) is 0 Å². The lowest BCUT2D eigenvalue weighted by molar-refractivity contribution is -0.825. The molecule has 0 aliphatic heterocycles. The molecule has 2 aromatic rings. The highest BCUT2D eigenvalue weighted by molar-refractivity contribution is 5.64. The minimum absolute atomic E-state index is 0.497. The van der Waals surface area contributed by atoms with Crippen LogP contribution in [0.15, 0.2) is 9.26 Å². The van der Waals surface area contributed by atoms with Crippen LogP contribution >= 0.6 is 0 Å². The molecule has 0 aliphatic rings. The molecule has 0 saturated heterocycles. The van der Waals surface area contributed by atoms with E-state index in [1.54, 1.807) is 0 Å². The molecule has 0 fully saturated rings. The molecular weight excluding hydrogens is 260 g/mol. The van der Waals surface area contributed by atoms with Crippen LogP contribution in [0.5, 0.6) is 0 Å². The van der Waals surface area contributed by atoms with Crippen molar-refractivity contribution in [2.75, 3.05) is 0 Å². The monoisotopic (exact) mass is 260 g/mol. The fraction of sp³-hybridized carbons (Fsp3) is 0. The van der Waals surface area contributed by atoms with Crippen LogP contribution in [-0.2, 0) is 0 Å². The highest BCUT2D eigenvalue weighted by Crippen LogP contribution is 2.28. The Balaban J connectivity index is 2.73. The van der Waals surface area contributed by atoms with E-state index in [4.69, 9.17) is 0 Å². The summed E-state index contributed by atoms with van der Waals surface area (Å²) in [5, 5.41) is 48.7. The Morgan fingerprint density at radius 3 is 2.17 bits per heavy atom. The molecule has 0 unspecified atom stereocenters. The van der Waals surface area contributed by atoms with Gasteiger partial charge in [-0.25, -0.2) is 0 Å². The average Bonchev–Trinajstić information content (AvgIpc) is 2.81. The molecule has 2 heterocycles. The van der Waals surface area contributed by atoms with E-state index in [2.05, 4.69) is 19.6 Å². The standard InChI is InChI=1S/C4N6O8/c11-7(12)3-2(9(15)18-6-3)1-4(8(13)14)10(16)17-5-1. The van der Waals surface area contributed by atoms with E-state index >= 15 is 0 Å². The Morgan fingerprint density at radius 2 is 1.61 bits per heavy atom. The fourth-order valence-electron chi connectivity index (χ4n) is 1.10. The summed E-state index contributed by atoms with van der Waals surface area (Å²) in [7, 11) is 0. The van der Waals surface area contributed by atoms with Gasteiger partial charge in [-0.15, -0.1) is 0 Å². The van der Waals surface area contributed by atoms with Crippen LogP contribution in [0.1, 0.15) is 0 Å². The first-order valence-corrected chi connectivity index (χ1v) is 3.92. The summed E-state index contributed by atoms with van der Waals surface area (Å²) in [4.78, 5) is 17.6. The predicted molar refractivity (Wildman–Crippen MR) is 43.2 cm³/mol. The van der Waals surface area contributed by atoms with Gasteiger partial charge >= 0.3 is 23.0 Å². The first kappa shape index (κ1) is 11.2. The van der Waals surface area contributed by atoms with E-state index in [9.17, 15) is 30.6 Å². The summed E-state index contributed by atoms with van der Waals surface area (Å²) in [6.07, 6.45) is 0. The summed E-state index contributed by atoms with van der Waals surface area (Å²) in [5.41, 5.74) is -1.97. The molecule has 0 saturated carbocycles. The number of aromatic nitrogens is 4. The molecule has 0 bridgehead atoms. The van der Waals surface area contributed by atoms with Crippen molar-refractivity contribution in [1.82, 2.24) is 10.3 Å². The van der Waals surface area contributed by atoms with Gasteiger partial charge < -0.3 is 30.6 Å². The van der Waals surface area contributed by atoms with Crippen LogP contribution in [0.3, 0.4) is 0 Å².